The van der Waals surface area contributed by atoms with Gasteiger partial charge in [-0.3, -0.25) is 10.1 Å². The average molecular weight is 531 g/mol. The van der Waals surface area contributed by atoms with Crippen LogP contribution in [0.4, 0.5) is 22.7 Å². The first-order chi connectivity index (χ1) is 17.8. The van der Waals surface area contributed by atoms with Crippen LogP contribution in [-0.4, -0.2) is 96.1 Å². The molecule has 0 aromatic carbocycles. The van der Waals surface area contributed by atoms with Crippen LogP contribution in [0.3, 0.4) is 0 Å². The molecule has 2 N–H and O–H groups in total. The van der Waals surface area contributed by atoms with Crippen LogP contribution in [0, 0.1) is 6.92 Å². The average Bonchev–Trinajstić information content (AvgIpc) is 3.46. The molecule has 4 heterocycles. The maximum absolute atomic E-state index is 12.2. The summed E-state index contributed by atoms with van der Waals surface area (Å²) in [6, 6.07) is 2.56. The number of esters is 1. The van der Waals surface area contributed by atoms with Gasteiger partial charge in [-0.1, -0.05) is 11.3 Å². The zero-order valence-corrected chi connectivity index (χ0v) is 23.1. The van der Waals surface area contributed by atoms with E-state index in [1.807, 2.05) is 11.0 Å². The highest BCUT2D eigenvalue weighted by Crippen LogP contribution is 2.28. The van der Waals surface area contributed by atoms with Gasteiger partial charge in [0, 0.05) is 51.3 Å². The largest absolute Gasteiger partial charge is 0.462 e. The highest BCUT2D eigenvalue weighted by Gasteiger charge is 2.23. The molecule has 2 aliphatic heterocycles. The van der Waals surface area contributed by atoms with Crippen molar-refractivity contribution < 1.29 is 14.3 Å². The van der Waals surface area contributed by atoms with Crippen LogP contribution in [-0.2, 0) is 9.53 Å². The van der Waals surface area contributed by atoms with Crippen molar-refractivity contribution in [2.75, 3.05) is 69.0 Å². The van der Waals surface area contributed by atoms with E-state index in [1.54, 1.807) is 13.8 Å². The standard InChI is InChI=1S/C25H38N8O3S/c1-5-36-23(35)22-17(2)27-25(37-22)30-24-28-19(26-11-7-13-33-12-6-8-21(33)34)16-20(29-24)32-14-9-18(10-15-32)31(3)4/h16,18H,5-15H2,1-4H3,(H2,26,27,28,29,30). The fourth-order valence-corrected chi connectivity index (χ4v) is 5.57. The molecule has 0 saturated carbocycles. The maximum Gasteiger partial charge on any atom is 0.350 e. The molecule has 37 heavy (non-hydrogen) atoms. The Morgan fingerprint density at radius 2 is 2.00 bits per heavy atom. The predicted molar refractivity (Wildman–Crippen MR) is 146 cm³/mol. The van der Waals surface area contributed by atoms with E-state index >= 15 is 0 Å². The van der Waals surface area contributed by atoms with Crippen molar-refractivity contribution in [2.45, 2.75) is 52.0 Å². The van der Waals surface area contributed by atoms with Crippen molar-refractivity contribution in [1.29, 1.82) is 0 Å². The van der Waals surface area contributed by atoms with E-state index in [9.17, 15) is 9.59 Å². The number of hydrogen-bond acceptors (Lipinski definition) is 11. The minimum atomic E-state index is -0.372. The normalized spacial score (nSPS) is 16.5. The molecule has 202 valence electrons. The van der Waals surface area contributed by atoms with Crippen molar-refractivity contribution in [3.8, 4) is 0 Å². The van der Waals surface area contributed by atoms with Crippen LogP contribution in [0.25, 0.3) is 0 Å². The van der Waals surface area contributed by atoms with Gasteiger partial charge in [-0.2, -0.15) is 9.97 Å². The Hall–Kier alpha value is -2.99. The lowest BCUT2D eigenvalue weighted by Crippen LogP contribution is -2.42. The van der Waals surface area contributed by atoms with E-state index in [4.69, 9.17) is 9.72 Å². The quantitative estimate of drug-likeness (QED) is 0.332. The first-order valence-electron chi connectivity index (χ1n) is 13.1. The van der Waals surface area contributed by atoms with E-state index in [1.165, 1.54) is 11.3 Å². The van der Waals surface area contributed by atoms with Gasteiger partial charge in [0.25, 0.3) is 0 Å². The molecule has 2 aliphatic rings. The predicted octanol–water partition coefficient (Wildman–Crippen LogP) is 3.12. The third-order valence-electron chi connectivity index (χ3n) is 6.79. The smallest absolute Gasteiger partial charge is 0.350 e. The molecule has 1 amide bonds. The van der Waals surface area contributed by atoms with E-state index in [0.29, 0.717) is 53.1 Å². The Bertz CT molecular complexity index is 1080. The minimum Gasteiger partial charge on any atom is -0.462 e. The summed E-state index contributed by atoms with van der Waals surface area (Å²) in [6.45, 7) is 8.03. The number of carbonyl (C=O) groups is 2. The van der Waals surface area contributed by atoms with E-state index in [0.717, 1.165) is 57.7 Å². The molecule has 4 rings (SSSR count). The van der Waals surface area contributed by atoms with Crippen molar-refractivity contribution in [3.63, 3.8) is 0 Å². The Morgan fingerprint density at radius 1 is 1.22 bits per heavy atom. The second kappa shape index (κ2) is 12.5. The number of rotatable bonds is 11. The van der Waals surface area contributed by atoms with Crippen LogP contribution < -0.4 is 15.5 Å². The van der Waals surface area contributed by atoms with Crippen LogP contribution in [0.15, 0.2) is 6.07 Å². The first kappa shape index (κ1) is 27.1. The molecule has 0 aliphatic carbocycles. The molecule has 12 heteroatoms. The summed E-state index contributed by atoms with van der Waals surface area (Å²) in [5, 5.41) is 7.16. The Balaban J connectivity index is 1.47. The number of aromatic nitrogens is 3. The molecule has 2 saturated heterocycles. The molecular weight excluding hydrogens is 492 g/mol. The van der Waals surface area contributed by atoms with E-state index in [-0.39, 0.29) is 11.9 Å². The number of amides is 1. The zero-order chi connectivity index (χ0) is 26.4. The molecule has 2 aromatic rings. The fourth-order valence-electron chi connectivity index (χ4n) is 4.71. The number of nitrogens with zero attached hydrogens (tertiary/aromatic N) is 6. The summed E-state index contributed by atoms with van der Waals surface area (Å²) in [6.07, 6.45) is 4.60. The van der Waals surface area contributed by atoms with Gasteiger partial charge in [0.1, 0.15) is 16.5 Å². The van der Waals surface area contributed by atoms with E-state index in [2.05, 4.69) is 44.5 Å². The van der Waals surface area contributed by atoms with Crippen molar-refractivity contribution >= 4 is 45.9 Å². The van der Waals surface area contributed by atoms with Gasteiger partial charge < -0.3 is 24.8 Å². The second-order valence-electron chi connectivity index (χ2n) is 9.66. The van der Waals surface area contributed by atoms with Crippen LogP contribution in [0.2, 0.25) is 0 Å². The first-order valence-corrected chi connectivity index (χ1v) is 13.9. The summed E-state index contributed by atoms with van der Waals surface area (Å²) < 4.78 is 5.14. The highest BCUT2D eigenvalue weighted by atomic mass is 32.1. The summed E-state index contributed by atoms with van der Waals surface area (Å²) in [5.41, 5.74) is 0.614. The number of hydrogen-bond donors (Lipinski definition) is 2. The number of ether oxygens (including phenoxy) is 1. The Labute approximate surface area is 222 Å². The monoisotopic (exact) mass is 530 g/mol. The number of likely N-dealkylation sites (tertiary alicyclic amines) is 1. The lowest BCUT2D eigenvalue weighted by atomic mass is 10.0. The van der Waals surface area contributed by atoms with Crippen LogP contribution >= 0.6 is 11.3 Å². The number of aryl methyl sites for hydroxylation is 1. The molecule has 11 nitrogen and oxygen atoms in total. The number of nitrogens with one attached hydrogen (secondary N) is 2. The molecule has 0 bridgehead atoms. The highest BCUT2D eigenvalue weighted by molar-refractivity contribution is 7.17. The number of piperidine rings is 1. The van der Waals surface area contributed by atoms with Crippen LogP contribution in [0.1, 0.15) is 54.4 Å². The van der Waals surface area contributed by atoms with Gasteiger partial charge >= 0.3 is 5.97 Å². The molecule has 0 atom stereocenters. The van der Waals surface area contributed by atoms with Gasteiger partial charge in [0.2, 0.25) is 11.9 Å². The number of thiazole rings is 1. The molecule has 0 unspecified atom stereocenters. The van der Waals surface area contributed by atoms with E-state index < -0.39 is 0 Å². The summed E-state index contributed by atoms with van der Waals surface area (Å²) in [4.78, 5) is 45.0. The minimum absolute atomic E-state index is 0.248. The van der Waals surface area contributed by atoms with Gasteiger partial charge in [-0.05, 0) is 53.6 Å². The summed E-state index contributed by atoms with van der Waals surface area (Å²) in [5.74, 6) is 1.87. The molecule has 0 radical (unpaired) electrons. The van der Waals surface area contributed by atoms with Crippen molar-refractivity contribution in [2.24, 2.45) is 0 Å². The molecule has 2 aromatic heterocycles. The SMILES string of the molecule is CCOC(=O)c1sc(Nc2nc(NCCCN3CCCC3=O)cc(N3CCC(N(C)C)CC3)n2)nc1C. The van der Waals surface area contributed by atoms with Gasteiger partial charge in [-0.15, -0.1) is 0 Å². The Kier molecular flexibility index (Phi) is 9.14. The molecule has 0 spiro atoms. The number of anilines is 4. The fraction of sp³-hybridized carbons (Fsp3) is 0.640. The van der Waals surface area contributed by atoms with Crippen molar-refractivity contribution in [3.05, 3.63) is 16.6 Å². The lowest BCUT2D eigenvalue weighted by molar-refractivity contribution is -0.127. The van der Waals surface area contributed by atoms with Gasteiger partial charge in [0.05, 0.1) is 12.3 Å². The van der Waals surface area contributed by atoms with Crippen LogP contribution in [0.5, 0.6) is 0 Å². The summed E-state index contributed by atoms with van der Waals surface area (Å²) >= 11 is 1.24. The van der Waals surface area contributed by atoms with Gasteiger partial charge in [0.15, 0.2) is 5.13 Å². The lowest BCUT2D eigenvalue weighted by Gasteiger charge is -2.36. The molecule has 2 fully saturated rings. The maximum atomic E-state index is 12.2. The zero-order valence-electron chi connectivity index (χ0n) is 22.2. The number of carbonyl (C=O) groups excluding carboxylic acids is 2. The van der Waals surface area contributed by atoms with Gasteiger partial charge in [-0.25, -0.2) is 9.78 Å². The van der Waals surface area contributed by atoms with Crippen molar-refractivity contribution in [1.82, 2.24) is 24.8 Å². The topological polar surface area (TPSA) is 116 Å². The molecular formula is C25H38N8O3S. The third-order valence-corrected chi connectivity index (χ3v) is 7.84. The summed E-state index contributed by atoms with van der Waals surface area (Å²) in [7, 11) is 4.26. The third kappa shape index (κ3) is 7.07. The Morgan fingerprint density at radius 3 is 2.68 bits per heavy atom. The second-order valence-corrected chi connectivity index (χ2v) is 10.7.